The van der Waals surface area contributed by atoms with Crippen molar-refractivity contribution in [2.75, 3.05) is 50.2 Å². The molecule has 0 saturated heterocycles. The minimum absolute atomic E-state index is 0.00725. The van der Waals surface area contributed by atoms with Gasteiger partial charge in [0, 0.05) is 56.6 Å². The molecule has 5 aromatic rings. The number of ether oxygens (including phenoxy) is 3. The first-order chi connectivity index (χ1) is 31.4. The molecule has 0 aliphatic rings. The Bertz CT molecular complexity index is 1950. The van der Waals surface area contributed by atoms with Gasteiger partial charge in [0.25, 0.3) is 0 Å². The van der Waals surface area contributed by atoms with E-state index in [-0.39, 0.29) is 17.7 Å². The molecule has 0 aliphatic heterocycles. The van der Waals surface area contributed by atoms with Gasteiger partial charge < -0.3 is 30.6 Å². The molecule has 12 heteroatoms. The summed E-state index contributed by atoms with van der Waals surface area (Å²) in [7, 11) is 0. The van der Waals surface area contributed by atoms with Crippen molar-refractivity contribution < 1.29 is 23.8 Å². The highest BCUT2D eigenvalue weighted by atomic mass is 16.5. The van der Waals surface area contributed by atoms with Gasteiger partial charge in [-0.3, -0.25) is 19.5 Å². The molecular formula is C52H69N7O5. The first-order valence-electron chi connectivity index (χ1n) is 23.2. The standard InChI is InChI=1S/C52H69N7O5/c1-3-5-8-23-51(60)57-49-21-14-19-46(55-49)35-43(34-45-18-12-13-26-54-45)32-42-33-44(37-48(36-42)64-31-30-63-29-28-62-27-25-53)39-59(38-41-16-10-7-11-17-41)40-47-20-15-22-50(56-47)58-52(61)24-9-6-4-2/h7,10-22,26,33,36-37,43H,3-6,8-9,23-25,27-32,34-35,38-40,53H2,1-2H3,(H,55,57,60)(H,56,58,61). The second-order valence-electron chi connectivity index (χ2n) is 16.3. The topological polar surface area (TPSA) is 154 Å². The molecule has 0 fully saturated rings. The van der Waals surface area contributed by atoms with Gasteiger partial charge in [-0.1, -0.05) is 94.1 Å². The minimum atomic E-state index is -0.0108. The number of nitrogens with two attached hydrogens (primary N) is 1. The molecule has 12 nitrogen and oxygen atoms in total. The highest BCUT2D eigenvalue weighted by Gasteiger charge is 2.18. The van der Waals surface area contributed by atoms with Crippen LogP contribution in [-0.4, -0.2) is 71.2 Å². The molecule has 3 aromatic heterocycles. The predicted molar refractivity (Wildman–Crippen MR) is 255 cm³/mol. The second-order valence-corrected chi connectivity index (χ2v) is 16.3. The van der Waals surface area contributed by atoms with E-state index in [0.29, 0.717) is 90.1 Å². The maximum atomic E-state index is 12.7. The van der Waals surface area contributed by atoms with Gasteiger partial charge in [-0.05, 0) is 103 Å². The summed E-state index contributed by atoms with van der Waals surface area (Å²) in [6, 6.07) is 34.7. The van der Waals surface area contributed by atoms with Crippen LogP contribution < -0.4 is 21.1 Å². The van der Waals surface area contributed by atoms with Crippen LogP contribution in [0.2, 0.25) is 0 Å². The Morgan fingerprint density at radius 1 is 0.594 bits per heavy atom. The van der Waals surface area contributed by atoms with Crippen molar-refractivity contribution in [1.29, 1.82) is 0 Å². The van der Waals surface area contributed by atoms with E-state index in [0.717, 1.165) is 85.3 Å². The zero-order chi connectivity index (χ0) is 45.0. The van der Waals surface area contributed by atoms with Crippen LogP contribution in [0.5, 0.6) is 5.75 Å². The number of nitrogens with one attached hydrogen (secondary N) is 2. The van der Waals surface area contributed by atoms with Gasteiger partial charge in [0.15, 0.2) is 0 Å². The van der Waals surface area contributed by atoms with E-state index in [4.69, 9.17) is 34.9 Å². The number of hydrogen-bond donors (Lipinski definition) is 3. The molecule has 342 valence electrons. The van der Waals surface area contributed by atoms with E-state index in [1.807, 2.05) is 60.8 Å². The summed E-state index contributed by atoms with van der Waals surface area (Å²) in [4.78, 5) is 42.2. The van der Waals surface area contributed by atoms with E-state index in [9.17, 15) is 9.59 Å². The van der Waals surface area contributed by atoms with Crippen LogP contribution in [0.4, 0.5) is 11.6 Å². The molecule has 64 heavy (non-hydrogen) atoms. The van der Waals surface area contributed by atoms with Gasteiger partial charge in [-0.15, -0.1) is 0 Å². The molecule has 1 atom stereocenters. The molecule has 0 bridgehead atoms. The number of anilines is 2. The van der Waals surface area contributed by atoms with Gasteiger partial charge in [0.2, 0.25) is 11.8 Å². The average Bonchev–Trinajstić information content (AvgIpc) is 3.28. The Kier molecular flexibility index (Phi) is 22.4. The average molecular weight is 872 g/mol. The van der Waals surface area contributed by atoms with Crippen LogP contribution in [0.3, 0.4) is 0 Å². The number of nitrogens with zero attached hydrogens (tertiary/aromatic N) is 4. The summed E-state index contributed by atoms with van der Waals surface area (Å²) >= 11 is 0. The quantitative estimate of drug-likeness (QED) is 0.0368. The van der Waals surface area contributed by atoms with Crippen molar-refractivity contribution in [3.63, 3.8) is 0 Å². The van der Waals surface area contributed by atoms with E-state index in [1.165, 1.54) is 5.56 Å². The van der Waals surface area contributed by atoms with E-state index in [1.54, 1.807) is 0 Å². The summed E-state index contributed by atoms with van der Waals surface area (Å²) in [5.41, 5.74) is 11.7. The summed E-state index contributed by atoms with van der Waals surface area (Å²) in [5.74, 6) is 2.04. The smallest absolute Gasteiger partial charge is 0.225 e. The lowest BCUT2D eigenvalue weighted by Crippen LogP contribution is -2.23. The Morgan fingerprint density at radius 2 is 1.19 bits per heavy atom. The lowest BCUT2D eigenvalue weighted by atomic mass is 9.89. The van der Waals surface area contributed by atoms with Crippen LogP contribution in [0.25, 0.3) is 0 Å². The maximum absolute atomic E-state index is 12.7. The molecule has 0 saturated carbocycles. The number of benzene rings is 2. The molecule has 2 aromatic carbocycles. The zero-order valence-corrected chi connectivity index (χ0v) is 38.0. The third-order valence-corrected chi connectivity index (χ3v) is 10.6. The molecule has 0 radical (unpaired) electrons. The minimum Gasteiger partial charge on any atom is -0.491 e. The van der Waals surface area contributed by atoms with Crippen molar-refractivity contribution in [3.05, 3.63) is 143 Å². The number of hydrogen-bond acceptors (Lipinski definition) is 10. The largest absolute Gasteiger partial charge is 0.491 e. The number of amides is 2. The number of unbranched alkanes of at least 4 members (excludes halogenated alkanes) is 4. The fourth-order valence-corrected chi connectivity index (χ4v) is 7.58. The summed E-state index contributed by atoms with van der Waals surface area (Å²) < 4.78 is 17.7. The Balaban J connectivity index is 1.40. The fourth-order valence-electron chi connectivity index (χ4n) is 7.58. The van der Waals surface area contributed by atoms with E-state index >= 15 is 0 Å². The molecule has 0 aliphatic carbocycles. The van der Waals surface area contributed by atoms with Crippen molar-refractivity contribution >= 4 is 23.5 Å². The van der Waals surface area contributed by atoms with Crippen LogP contribution >= 0.6 is 0 Å². The van der Waals surface area contributed by atoms with Crippen molar-refractivity contribution in [2.45, 2.75) is 104 Å². The Hall–Kier alpha value is -5.53. The maximum Gasteiger partial charge on any atom is 0.225 e. The molecule has 1 unspecified atom stereocenters. The first kappa shape index (κ1) is 49.5. The van der Waals surface area contributed by atoms with Crippen LogP contribution in [0, 0.1) is 5.92 Å². The van der Waals surface area contributed by atoms with Gasteiger partial charge in [-0.2, -0.15) is 0 Å². The number of pyridine rings is 3. The molecule has 0 spiro atoms. The van der Waals surface area contributed by atoms with E-state index < -0.39 is 0 Å². The van der Waals surface area contributed by atoms with Gasteiger partial charge >= 0.3 is 0 Å². The molecular weight excluding hydrogens is 803 g/mol. The van der Waals surface area contributed by atoms with Crippen LogP contribution in [0.1, 0.15) is 99.0 Å². The van der Waals surface area contributed by atoms with Crippen molar-refractivity contribution in [2.24, 2.45) is 11.7 Å². The summed E-state index contributed by atoms with van der Waals surface area (Å²) in [6.07, 6.45) is 10.9. The summed E-state index contributed by atoms with van der Waals surface area (Å²) in [6.45, 7) is 8.88. The molecule has 5 rings (SSSR count). The number of carbonyl (C=O) groups is 2. The first-order valence-corrected chi connectivity index (χ1v) is 23.2. The highest BCUT2D eigenvalue weighted by Crippen LogP contribution is 2.26. The monoisotopic (exact) mass is 872 g/mol. The van der Waals surface area contributed by atoms with Crippen LogP contribution in [-0.2, 0) is 58.0 Å². The van der Waals surface area contributed by atoms with Crippen LogP contribution in [0.15, 0.2) is 109 Å². The summed E-state index contributed by atoms with van der Waals surface area (Å²) in [5, 5.41) is 6.02. The fraction of sp³-hybridized carbons (Fsp3) is 0.442. The van der Waals surface area contributed by atoms with Gasteiger partial charge in [0.05, 0.1) is 32.1 Å². The Morgan fingerprint density at radius 3 is 1.86 bits per heavy atom. The van der Waals surface area contributed by atoms with Gasteiger partial charge in [0.1, 0.15) is 24.0 Å². The third kappa shape index (κ3) is 19.5. The third-order valence-electron chi connectivity index (χ3n) is 10.6. The van der Waals surface area contributed by atoms with Gasteiger partial charge in [-0.25, -0.2) is 9.97 Å². The van der Waals surface area contributed by atoms with Crippen molar-refractivity contribution in [3.8, 4) is 5.75 Å². The predicted octanol–water partition coefficient (Wildman–Crippen LogP) is 9.13. The van der Waals surface area contributed by atoms with E-state index in [2.05, 4.69) is 77.9 Å². The Labute approximate surface area is 380 Å². The molecule has 4 N–H and O–H groups in total. The number of rotatable bonds is 31. The van der Waals surface area contributed by atoms with Crippen molar-refractivity contribution in [1.82, 2.24) is 19.9 Å². The number of carbonyl (C=O) groups excluding carboxylic acids is 2. The highest BCUT2D eigenvalue weighted by molar-refractivity contribution is 5.90. The SMILES string of the molecule is CCCCCC(=O)Nc1cccc(CC(Cc2cc(CN(Cc3ccccc3)Cc3cccc(NC(=O)CCCCC)n3)cc(OCCOCCOCCN)c2)Cc2ccccn2)n1. The zero-order valence-electron chi connectivity index (χ0n) is 38.0. The second kappa shape index (κ2) is 29.0. The molecule has 3 heterocycles. The lowest BCUT2D eigenvalue weighted by Gasteiger charge is -2.24. The molecule has 2 amide bonds. The number of aromatic nitrogens is 3. The lowest BCUT2D eigenvalue weighted by molar-refractivity contribution is -0.117. The normalized spacial score (nSPS) is 11.7.